The maximum atomic E-state index is 11.7. The van der Waals surface area contributed by atoms with Gasteiger partial charge in [0.2, 0.25) is 0 Å². The Kier molecular flexibility index (Phi) is 2.95. The minimum atomic E-state index is -0.422. The number of ether oxygens (including phenoxy) is 2. The van der Waals surface area contributed by atoms with Crippen LogP contribution in [0, 0.1) is 0 Å². The molecule has 0 aromatic heterocycles. The molecule has 1 amide bonds. The molecule has 1 unspecified atom stereocenters. The molecular weight excluding hydrogens is 274 g/mol. The zero-order valence-corrected chi connectivity index (χ0v) is 11.5. The van der Waals surface area contributed by atoms with Gasteiger partial charge in [-0.15, -0.1) is 0 Å². The molecular formula is C11H18BrNO3. The third-order valence-corrected chi connectivity index (χ3v) is 3.36. The zero-order valence-electron chi connectivity index (χ0n) is 9.96. The predicted octanol–water partition coefficient (Wildman–Crippen LogP) is 2.16. The van der Waals surface area contributed by atoms with Crippen molar-refractivity contribution < 1.29 is 14.3 Å². The van der Waals surface area contributed by atoms with Crippen LogP contribution in [0.15, 0.2) is 0 Å². The van der Waals surface area contributed by atoms with Gasteiger partial charge in [0, 0.05) is 4.83 Å². The average molecular weight is 292 g/mol. The van der Waals surface area contributed by atoms with Crippen LogP contribution in [0.4, 0.5) is 4.79 Å². The van der Waals surface area contributed by atoms with Crippen molar-refractivity contribution in [3.05, 3.63) is 0 Å². The molecule has 0 radical (unpaired) electrons. The van der Waals surface area contributed by atoms with Crippen molar-refractivity contribution >= 4 is 22.0 Å². The van der Waals surface area contributed by atoms with E-state index in [1.54, 1.807) is 4.90 Å². The number of carbonyl (C=O) groups is 1. The van der Waals surface area contributed by atoms with E-state index in [0.29, 0.717) is 17.9 Å². The van der Waals surface area contributed by atoms with E-state index in [4.69, 9.17) is 9.47 Å². The summed E-state index contributed by atoms with van der Waals surface area (Å²) in [6, 6.07) is 0. The van der Waals surface area contributed by atoms with E-state index in [2.05, 4.69) is 15.9 Å². The van der Waals surface area contributed by atoms with Crippen LogP contribution >= 0.6 is 15.9 Å². The third-order valence-electron chi connectivity index (χ3n) is 2.77. The maximum Gasteiger partial charge on any atom is 0.410 e. The van der Waals surface area contributed by atoms with Gasteiger partial charge in [-0.2, -0.15) is 0 Å². The molecule has 2 fully saturated rings. The molecule has 0 aromatic carbocycles. The Morgan fingerprint density at radius 2 is 2.12 bits per heavy atom. The fourth-order valence-electron chi connectivity index (χ4n) is 2.11. The number of amides is 1. The molecule has 0 aliphatic carbocycles. The summed E-state index contributed by atoms with van der Waals surface area (Å²) in [4.78, 5) is 13.8. The molecule has 2 heterocycles. The Bertz CT molecular complexity index is 294. The van der Waals surface area contributed by atoms with Crippen LogP contribution in [-0.2, 0) is 9.47 Å². The lowest BCUT2D eigenvalue weighted by atomic mass is 9.91. The normalized spacial score (nSPS) is 28.0. The number of likely N-dealkylation sites (tertiary alicyclic amines) is 1. The Hall–Kier alpha value is -0.290. The first-order valence-electron chi connectivity index (χ1n) is 5.56. The van der Waals surface area contributed by atoms with Crippen LogP contribution in [-0.4, -0.2) is 46.7 Å². The number of rotatable bonds is 0. The highest BCUT2D eigenvalue weighted by Crippen LogP contribution is 2.38. The van der Waals surface area contributed by atoms with E-state index in [1.807, 2.05) is 20.8 Å². The highest BCUT2D eigenvalue weighted by Gasteiger charge is 2.51. The molecule has 1 atom stereocenters. The van der Waals surface area contributed by atoms with Gasteiger partial charge in [-0.3, -0.25) is 0 Å². The van der Waals surface area contributed by atoms with E-state index in [0.717, 1.165) is 13.0 Å². The Labute approximate surface area is 104 Å². The average Bonchev–Trinajstić information content (AvgIpc) is 2.41. The van der Waals surface area contributed by atoms with Crippen LogP contribution in [0.25, 0.3) is 0 Å². The van der Waals surface area contributed by atoms with Gasteiger partial charge in [0.15, 0.2) is 0 Å². The molecule has 0 N–H and O–H groups in total. The Morgan fingerprint density at radius 1 is 1.50 bits per heavy atom. The van der Waals surface area contributed by atoms with Crippen LogP contribution in [0.1, 0.15) is 27.2 Å². The summed E-state index contributed by atoms with van der Waals surface area (Å²) in [5, 5.41) is 0. The van der Waals surface area contributed by atoms with Crippen molar-refractivity contribution in [3.8, 4) is 0 Å². The van der Waals surface area contributed by atoms with Gasteiger partial charge in [0.25, 0.3) is 0 Å². The lowest BCUT2D eigenvalue weighted by Crippen LogP contribution is -2.63. The largest absolute Gasteiger partial charge is 0.444 e. The van der Waals surface area contributed by atoms with Crippen molar-refractivity contribution in [3.63, 3.8) is 0 Å². The summed E-state index contributed by atoms with van der Waals surface area (Å²) in [5.41, 5.74) is -0.528. The van der Waals surface area contributed by atoms with Crippen LogP contribution in [0.3, 0.4) is 0 Å². The van der Waals surface area contributed by atoms with Gasteiger partial charge < -0.3 is 14.4 Å². The second-order valence-corrected chi connectivity index (χ2v) is 6.93. The SMILES string of the molecule is CC(C)(C)OC(=O)N1CC2(CC(Br)CO2)C1. The van der Waals surface area contributed by atoms with Gasteiger partial charge in [-0.1, -0.05) is 15.9 Å². The van der Waals surface area contributed by atoms with Crippen LogP contribution < -0.4 is 0 Å². The van der Waals surface area contributed by atoms with Gasteiger partial charge in [0.1, 0.15) is 11.2 Å². The topological polar surface area (TPSA) is 38.8 Å². The monoisotopic (exact) mass is 291 g/mol. The molecule has 2 rings (SSSR count). The minimum Gasteiger partial charge on any atom is -0.444 e. The number of nitrogens with zero attached hydrogens (tertiary/aromatic N) is 1. The summed E-state index contributed by atoms with van der Waals surface area (Å²) in [7, 11) is 0. The predicted molar refractivity (Wildman–Crippen MR) is 63.8 cm³/mol. The molecule has 0 aromatic rings. The molecule has 2 aliphatic heterocycles. The number of hydrogen-bond acceptors (Lipinski definition) is 3. The quantitative estimate of drug-likeness (QED) is 0.642. The molecule has 5 heteroatoms. The number of halogens is 1. The fourth-order valence-corrected chi connectivity index (χ4v) is 2.84. The van der Waals surface area contributed by atoms with Crippen molar-refractivity contribution in [1.29, 1.82) is 0 Å². The third kappa shape index (κ3) is 2.51. The fraction of sp³-hybridized carbons (Fsp3) is 0.909. The van der Waals surface area contributed by atoms with Crippen LogP contribution in [0.5, 0.6) is 0 Å². The molecule has 1 spiro atoms. The van der Waals surface area contributed by atoms with Gasteiger partial charge >= 0.3 is 6.09 Å². The van der Waals surface area contributed by atoms with Crippen LogP contribution in [0.2, 0.25) is 0 Å². The molecule has 92 valence electrons. The second-order valence-electron chi connectivity index (χ2n) is 5.63. The highest BCUT2D eigenvalue weighted by atomic mass is 79.9. The summed E-state index contributed by atoms with van der Waals surface area (Å²) in [6.07, 6.45) is 0.742. The number of alkyl halides is 1. The van der Waals surface area contributed by atoms with E-state index in [-0.39, 0.29) is 11.7 Å². The lowest BCUT2D eigenvalue weighted by Gasteiger charge is -2.46. The summed E-state index contributed by atoms with van der Waals surface area (Å²) in [6.45, 7) is 7.68. The molecule has 2 aliphatic rings. The van der Waals surface area contributed by atoms with Gasteiger partial charge in [-0.05, 0) is 27.2 Å². The van der Waals surface area contributed by atoms with E-state index >= 15 is 0 Å². The van der Waals surface area contributed by atoms with Crippen molar-refractivity contribution in [2.75, 3.05) is 19.7 Å². The highest BCUT2D eigenvalue weighted by molar-refractivity contribution is 9.09. The molecule has 4 nitrogen and oxygen atoms in total. The standard InChI is InChI=1S/C11H18BrNO3/c1-10(2,3)16-9(14)13-6-11(7-13)4-8(12)5-15-11/h8H,4-7H2,1-3H3. The van der Waals surface area contributed by atoms with Crippen molar-refractivity contribution in [2.45, 2.75) is 43.2 Å². The van der Waals surface area contributed by atoms with Gasteiger partial charge in [0.05, 0.1) is 19.7 Å². The van der Waals surface area contributed by atoms with Crippen molar-refractivity contribution in [1.82, 2.24) is 4.90 Å². The molecule has 0 saturated carbocycles. The van der Waals surface area contributed by atoms with Gasteiger partial charge in [-0.25, -0.2) is 4.79 Å². The zero-order chi connectivity index (χ0) is 12.0. The van der Waals surface area contributed by atoms with Crippen molar-refractivity contribution in [2.24, 2.45) is 0 Å². The minimum absolute atomic E-state index is 0.106. The Balaban J connectivity index is 1.82. The maximum absolute atomic E-state index is 11.7. The molecule has 0 bridgehead atoms. The first-order valence-corrected chi connectivity index (χ1v) is 6.47. The smallest absolute Gasteiger partial charge is 0.410 e. The van der Waals surface area contributed by atoms with E-state index in [1.165, 1.54) is 0 Å². The molecule has 16 heavy (non-hydrogen) atoms. The first kappa shape index (κ1) is 12.2. The number of carbonyl (C=O) groups excluding carboxylic acids is 1. The second kappa shape index (κ2) is 3.88. The number of hydrogen-bond donors (Lipinski definition) is 0. The van der Waals surface area contributed by atoms with E-state index < -0.39 is 5.60 Å². The first-order chi connectivity index (χ1) is 7.30. The summed E-state index contributed by atoms with van der Waals surface area (Å²) < 4.78 is 11.0. The molecule has 2 saturated heterocycles. The summed E-state index contributed by atoms with van der Waals surface area (Å²) in [5.74, 6) is 0. The lowest BCUT2D eigenvalue weighted by molar-refractivity contribution is -0.109. The summed E-state index contributed by atoms with van der Waals surface area (Å²) >= 11 is 3.53. The van der Waals surface area contributed by atoms with E-state index in [9.17, 15) is 4.79 Å². The Morgan fingerprint density at radius 3 is 2.56 bits per heavy atom.